The van der Waals surface area contributed by atoms with E-state index in [1.807, 2.05) is 33.3 Å². The smallest absolute Gasteiger partial charge is 0.206 e. The summed E-state index contributed by atoms with van der Waals surface area (Å²) in [7, 11) is 5.93. The maximum Gasteiger partial charge on any atom is 0.206 e. The number of hydrogen-bond acceptors (Lipinski definition) is 4. The second-order valence-electron chi connectivity index (χ2n) is 6.44. The van der Waals surface area contributed by atoms with Gasteiger partial charge in [-0.25, -0.2) is 0 Å². The van der Waals surface area contributed by atoms with Gasteiger partial charge >= 0.3 is 0 Å². The lowest BCUT2D eigenvalue weighted by molar-refractivity contribution is -0.304. The number of hydrogen-bond donors (Lipinski definition) is 0. The molecule has 0 radical (unpaired) electrons. The van der Waals surface area contributed by atoms with E-state index in [9.17, 15) is 14.7 Å². The lowest BCUT2D eigenvalue weighted by Crippen LogP contribution is -2.35. The van der Waals surface area contributed by atoms with Gasteiger partial charge in [-0.15, -0.1) is 0 Å². The zero-order chi connectivity index (χ0) is 16.8. The van der Waals surface area contributed by atoms with Crippen molar-refractivity contribution in [1.82, 2.24) is 4.48 Å². The average Bonchev–Trinajstić information content (AvgIpc) is 2.46. The van der Waals surface area contributed by atoms with Gasteiger partial charge in [-0.05, 0) is 12.1 Å². The van der Waals surface area contributed by atoms with Crippen molar-refractivity contribution < 1.29 is 14.3 Å². The Morgan fingerprint density at radius 1 is 1.13 bits per heavy atom. The highest BCUT2D eigenvalue weighted by Gasteiger charge is 2.21. The number of para-hydroxylation sites is 1. The molecule has 0 aliphatic heterocycles. The highest BCUT2D eigenvalue weighted by atomic mass is 16.4. The molecule has 0 bridgehead atoms. The number of carbonyl (C=O) groups is 1. The Balaban J connectivity index is 2.45. The number of carboxylic acid groups (broad SMARTS) is 1. The van der Waals surface area contributed by atoms with Crippen LogP contribution in [0.4, 0.5) is 5.69 Å². The van der Waals surface area contributed by atoms with Crippen LogP contribution in [0.2, 0.25) is 0 Å². The largest absolute Gasteiger partial charge is 0.550 e. The first-order chi connectivity index (χ1) is 10.8. The Kier molecular flexibility index (Phi) is 3.45. The first-order valence-electron chi connectivity index (χ1n) is 7.28. The first-order valence-corrected chi connectivity index (χ1v) is 7.28. The second-order valence-corrected chi connectivity index (χ2v) is 6.44. The predicted molar refractivity (Wildman–Crippen MR) is 88.3 cm³/mol. The summed E-state index contributed by atoms with van der Waals surface area (Å²) < 4.78 is 6.37. The molecule has 0 saturated heterocycles. The molecule has 3 aromatic rings. The van der Waals surface area contributed by atoms with Gasteiger partial charge in [0.1, 0.15) is 22.2 Å². The Morgan fingerprint density at radius 2 is 1.83 bits per heavy atom. The van der Waals surface area contributed by atoms with E-state index in [-0.39, 0.29) is 11.8 Å². The Hall–Kier alpha value is -2.66. The molecule has 5 nitrogen and oxygen atoms in total. The lowest BCUT2D eigenvalue weighted by atomic mass is 10.0. The maximum absolute atomic E-state index is 13.0. The number of nitrogens with zero attached hydrogens (tertiary/aromatic N) is 1. The fourth-order valence-electron chi connectivity index (χ4n) is 2.82. The Morgan fingerprint density at radius 3 is 2.48 bits per heavy atom. The quantitative estimate of drug-likeness (QED) is 0.542. The highest BCUT2D eigenvalue weighted by molar-refractivity contribution is 5.97. The van der Waals surface area contributed by atoms with E-state index in [2.05, 4.69) is 0 Å². The Labute approximate surface area is 133 Å². The number of aliphatic carboxylic acids is 1. The van der Waals surface area contributed by atoms with Crippen molar-refractivity contribution in [1.29, 1.82) is 0 Å². The van der Waals surface area contributed by atoms with Crippen LogP contribution in [0.1, 0.15) is 5.56 Å². The van der Waals surface area contributed by atoms with E-state index >= 15 is 0 Å². The molecular weight excluding hydrogens is 294 g/mol. The van der Waals surface area contributed by atoms with Crippen LogP contribution in [0.5, 0.6) is 0 Å². The normalized spacial score (nSPS) is 12.0. The van der Waals surface area contributed by atoms with Crippen molar-refractivity contribution in [2.45, 2.75) is 6.42 Å². The molecule has 0 fully saturated rings. The number of fused-ring (bicyclic) bond motifs is 2. The van der Waals surface area contributed by atoms with E-state index in [1.54, 1.807) is 24.3 Å². The van der Waals surface area contributed by atoms with Gasteiger partial charge in [0.2, 0.25) is 5.43 Å². The van der Waals surface area contributed by atoms with Crippen LogP contribution < -0.4 is 15.0 Å². The van der Waals surface area contributed by atoms with E-state index < -0.39 is 5.97 Å². The fraction of sp³-hybridized carbons (Fsp3) is 0.222. The predicted octanol–water partition coefficient (Wildman–Crippen LogP) is 1.44. The van der Waals surface area contributed by atoms with Crippen LogP contribution in [0.15, 0.2) is 45.6 Å². The molecule has 1 aromatic heterocycles. The van der Waals surface area contributed by atoms with Crippen molar-refractivity contribution >= 4 is 33.6 Å². The molecule has 0 N–H and O–H groups in total. The van der Waals surface area contributed by atoms with Crippen molar-refractivity contribution in [3.8, 4) is 0 Å². The van der Waals surface area contributed by atoms with Crippen molar-refractivity contribution in [2.24, 2.45) is 0 Å². The van der Waals surface area contributed by atoms with Crippen LogP contribution in [-0.2, 0) is 11.2 Å². The zero-order valence-electron chi connectivity index (χ0n) is 13.3. The van der Waals surface area contributed by atoms with Crippen LogP contribution in [-0.4, -0.2) is 27.1 Å². The monoisotopic (exact) mass is 311 g/mol. The molecule has 3 rings (SSSR count). The van der Waals surface area contributed by atoms with E-state index in [0.29, 0.717) is 32.0 Å². The number of carboxylic acids is 1. The summed E-state index contributed by atoms with van der Waals surface area (Å²) >= 11 is 0. The molecule has 118 valence electrons. The van der Waals surface area contributed by atoms with Gasteiger partial charge < -0.3 is 14.3 Å². The van der Waals surface area contributed by atoms with Gasteiger partial charge in [0.05, 0.1) is 26.5 Å². The Bertz CT molecular complexity index is 980. The molecule has 0 saturated carbocycles. The minimum Gasteiger partial charge on any atom is -0.550 e. The number of rotatable bonds is 3. The van der Waals surface area contributed by atoms with Crippen molar-refractivity contribution in [2.75, 3.05) is 21.1 Å². The summed E-state index contributed by atoms with van der Waals surface area (Å²) in [5.74, 6) is -1.21. The van der Waals surface area contributed by atoms with Gasteiger partial charge in [-0.2, -0.15) is 0 Å². The molecule has 0 amide bonds. The van der Waals surface area contributed by atoms with E-state index in [0.717, 1.165) is 5.69 Å². The standard InChI is InChI=1S/C18H17NO4/c1-19(2,3)13-8-5-9-14-16(13)17(22)12-7-4-6-11(10-15(20)21)18(12)23-14/h4-9H,10H2,1-3H3. The van der Waals surface area contributed by atoms with Gasteiger partial charge in [-0.1, -0.05) is 18.2 Å². The number of quaternary nitrogens is 1. The molecule has 0 unspecified atom stereocenters. The van der Waals surface area contributed by atoms with Gasteiger partial charge in [0, 0.05) is 24.0 Å². The van der Waals surface area contributed by atoms with E-state index in [4.69, 9.17) is 4.42 Å². The number of benzene rings is 2. The molecule has 5 heteroatoms. The summed E-state index contributed by atoms with van der Waals surface area (Å²) in [5, 5.41) is 11.8. The van der Waals surface area contributed by atoms with Crippen LogP contribution >= 0.6 is 0 Å². The fourth-order valence-corrected chi connectivity index (χ4v) is 2.82. The summed E-state index contributed by atoms with van der Waals surface area (Å²) in [6.07, 6.45) is -0.291. The molecule has 23 heavy (non-hydrogen) atoms. The molecule has 1 heterocycles. The SMILES string of the molecule is C[N+](C)(C)c1cccc2oc3c(CC(=O)[O-])cccc3c(=O)c12. The molecule has 0 aliphatic rings. The lowest BCUT2D eigenvalue weighted by Gasteiger charge is -2.24. The molecule has 2 aromatic carbocycles. The zero-order valence-corrected chi connectivity index (χ0v) is 13.3. The number of carbonyl (C=O) groups excluding carboxylic acids is 1. The third-order valence-corrected chi connectivity index (χ3v) is 3.84. The summed E-state index contributed by atoms with van der Waals surface area (Å²) in [4.78, 5) is 23.9. The topological polar surface area (TPSA) is 70.3 Å². The van der Waals surface area contributed by atoms with Crippen molar-refractivity contribution in [3.05, 3.63) is 52.2 Å². The van der Waals surface area contributed by atoms with Crippen LogP contribution in [0.3, 0.4) is 0 Å². The maximum atomic E-state index is 13.0. The van der Waals surface area contributed by atoms with Crippen LogP contribution in [0, 0.1) is 0 Å². The molecular formula is C18H17NO4. The van der Waals surface area contributed by atoms with Gasteiger partial charge in [0.15, 0.2) is 0 Å². The third kappa shape index (κ3) is 2.59. The highest BCUT2D eigenvalue weighted by Crippen LogP contribution is 2.29. The van der Waals surface area contributed by atoms with Gasteiger partial charge in [0.25, 0.3) is 0 Å². The summed E-state index contributed by atoms with van der Waals surface area (Å²) in [6.45, 7) is 0. The van der Waals surface area contributed by atoms with Crippen LogP contribution in [0.25, 0.3) is 21.9 Å². The minimum atomic E-state index is -1.21. The third-order valence-electron chi connectivity index (χ3n) is 3.84. The second kappa shape index (κ2) is 5.21. The molecule has 0 aliphatic carbocycles. The average molecular weight is 311 g/mol. The first kappa shape index (κ1) is 15.2. The summed E-state index contributed by atoms with van der Waals surface area (Å²) in [6, 6.07) is 10.4. The van der Waals surface area contributed by atoms with Gasteiger partial charge in [-0.3, -0.25) is 9.28 Å². The van der Waals surface area contributed by atoms with Crippen molar-refractivity contribution in [3.63, 3.8) is 0 Å². The van der Waals surface area contributed by atoms with E-state index in [1.165, 1.54) is 0 Å². The summed E-state index contributed by atoms with van der Waals surface area (Å²) in [5.41, 5.74) is 1.91. The molecule has 0 atom stereocenters. The molecule has 0 spiro atoms. The minimum absolute atomic E-state index is 0.148.